The molecule has 0 saturated carbocycles. The van der Waals surface area contributed by atoms with Crippen molar-refractivity contribution >= 4 is 49.3 Å². The Labute approximate surface area is 395 Å². The number of benzene rings is 10. The van der Waals surface area contributed by atoms with Crippen LogP contribution in [-0.2, 0) is 11.8 Å². The van der Waals surface area contributed by atoms with Crippen LogP contribution in [0.1, 0.15) is 57.7 Å². The van der Waals surface area contributed by atoms with Crippen molar-refractivity contribution in [1.82, 2.24) is 0 Å². The summed E-state index contributed by atoms with van der Waals surface area (Å²) < 4.78 is 1.43. The van der Waals surface area contributed by atoms with E-state index < -0.39 is 5.41 Å². The molecule has 0 aliphatic heterocycles. The van der Waals surface area contributed by atoms with E-state index >= 15 is 0 Å². The van der Waals surface area contributed by atoms with Gasteiger partial charge in [0, 0.05) is 21.5 Å². The lowest BCUT2D eigenvalue weighted by Crippen LogP contribution is -2.26. The molecule has 0 bridgehead atoms. The lowest BCUT2D eigenvalue weighted by atomic mass is 9.70. The summed E-state index contributed by atoms with van der Waals surface area (Å²) in [5.74, 6) is 0.747. The summed E-state index contributed by atoms with van der Waals surface area (Å²) in [5, 5.41) is 6.04. The molecule has 1 nitrogen and oxygen atoms in total. The highest BCUT2D eigenvalue weighted by molar-refractivity contribution is 7.17. The molecule has 0 amide bonds. The van der Waals surface area contributed by atoms with E-state index in [1.54, 1.807) is 0 Å². The molecule has 3 aliphatic rings. The highest BCUT2D eigenvalue weighted by Crippen LogP contribution is 2.63. The van der Waals surface area contributed by atoms with Crippen molar-refractivity contribution in [2.45, 2.75) is 30.6 Å². The van der Waals surface area contributed by atoms with E-state index in [1.807, 2.05) is 11.3 Å². The molecule has 10 aromatic carbocycles. The van der Waals surface area contributed by atoms with Gasteiger partial charge in [0.05, 0.1) is 11.1 Å². The van der Waals surface area contributed by atoms with Crippen LogP contribution in [0.25, 0.3) is 65.4 Å². The van der Waals surface area contributed by atoms with Crippen LogP contribution in [0.3, 0.4) is 0 Å². The third kappa shape index (κ3) is 5.60. The van der Waals surface area contributed by atoms with Crippen LogP contribution in [0.5, 0.6) is 0 Å². The molecule has 0 saturated heterocycles. The Morgan fingerprint density at radius 1 is 0.448 bits per heavy atom. The molecule has 14 rings (SSSR count). The zero-order chi connectivity index (χ0) is 44.2. The maximum absolute atomic E-state index is 2.50. The lowest BCUT2D eigenvalue weighted by Gasteiger charge is -2.32. The molecule has 316 valence electrons. The van der Waals surface area contributed by atoms with Crippen LogP contribution in [0.4, 0.5) is 17.1 Å². The van der Waals surface area contributed by atoms with Crippen molar-refractivity contribution in [2.75, 3.05) is 4.90 Å². The van der Waals surface area contributed by atoms with E-state index in [1.165, 1.54) is 104 Å². The number of fused-ring (bicyclic) bond motifs is 16. The smallest absolute Gasteiger partial charge is 0.0726 e. The van der Waals surface area contributed by atoms with Crippen LogP contribution >= 0.6 is 11.3 Å². The number of rotatable bonds is 5. The summed E-state index contributed by atoms with van der Waals surface area (Å²) in [6, 6.07) is 84.7. The number of nitrogens with zero attached hydrogens (tertiary/aromatic N) is 1. The second-order valence-corrected chi connectivity index (χ2v) is 19.7. The molecule has 2 unspecified atom stereocenters. The van der Waals surface area contributed by atoms with Crippen LogP contribution in [0, 0.1) is 0 Å². The van der Waals surface area contributed by atoms with E-state index in [9.17, 15) is 0 Å². The fraction of sp³-hybridized carbons (Fsp3) is 0.0769. The first-order chi connectivity index (χ1) is 33.1. The number of hydrogen-bond acceptors (Lipinski definition) is 2. The minimum atomic E-state index is -0.424. The number of hydrogen-bond donors (Lipinski definition) is 0. The molecular formula is C65H45NS. The van der Waals surface area contributed by atoms with Crippen LogP contribution in [0.15, 0.2) is 230 Å². The van der Waals surface area contributed by atoms with Crippen LogP contribution < -0.4 is 4.90 Å². The third-order valence-electron chi connectivity index (χ3n) is 15.5. The molecule has 1 spiro atoms. The predicted octanol–water partition coefficient (Wildman–Crippen LogP) is 17.6. The third-order valence-corrected chi connectivity index (χ3v) is 16.5. The van der Waals surface area contributed by atoms with Gasteiger partial charge in [0.1, 0.15) is 0 Å². The van der Waals surface area contributed by atoms with Crippen molar-refractivity contribution in [1.29, 1.82) is 0 Å². The predicted molar refractivity (Wildman–Crippen MR) is 282 cm³/mol. The minimum absolute atomic E-state index is 0.367. The average Bonchev–Trinajstić information content (AvgIpc) is 4.06. The molecule has 0 fully saturated rings. The second-order valence-electron chi connectivity index (χ2n) is 18.7. The van der Waals surface area contributed by atoms with Gasteiger partial charge in [-0.3, -0.25) is 0 Å². The fourth-order valence-corrected chi connectivity index (χ4v) is 13.4. The first-order valence-corrected chi connectivity index (χ1v) is 24.5. The minimum Gasteiger partial charge on any atom is -0.310 e. The van der Waals surface area contributed by atoms with E-state index in [-0.39, 0.29) is 0 Å². The van der Waals surface area contributed by atoms with Crippen LogP contribution in [-0.4, -0.2) is 0 Å². The summed E-state index contributed by atoms with van der Waals surface area (Å²) in [6.45, 7) is 2.43. The Kier molecular flexibility index (Phi) is 8.54. The first kappa shape index (κ1) is 38.5. The molecule has 3 aliphatic carbocycles. The van der Waals surface area contributed by atoms with Gasteiger partial charge in [0.2, 0.25) is 0 Å². The van der Waals surface area contributed by atoms with Gasteiger partial charge in [-0.25, -0.2) is 0 Å². The molecule has 1 aromatic heterocycles. The van der Waals surface area contributed by atoms with Gasteiger partial charge in [-0.05, 0) is 154 Å². The van der Waals surface area contributed by atoms with Crippen molar-refractivity contribution < 1.29 is 0 Å². The summed E-state index contributed by atoms with van der Waals surface area (Å²) >= 11 is 1.88. The van der Waals surface area contributed by atoms with E-state index in [4.69, 9.17) is 0 Å². The Bertz CT molecular complexity index is 3690. The molecule has 0 N–H and O–H groups in total. The highest BCUT2D eigenvalue weighted by Gasteiger charge is 2.51. The Morgan fingerprint density at radius 2 is 1.01 bits per heavy atom. The van der Waals surface area contributed by atoms with E-state index in [2.05, 4.69) is 242 Å². The van der Waals surface area contributed by atoms with E-state index in [0.29, 0.717) is 11.8 Å². The monoisotopic (exact) mass is 871 g/mol. The summed E-state index contributed by atoms with van der Waals surface area (Å²) in [5.41, 5.74) is 23.2. The number of anilines is 3. The van der Waals surface area contributed by atoms with Crippen molar-refractivity contribution in [3.63, 3.8) is 0 Å². The Balaban J connectivity index is 0.874. The first-order valence-electron chi connectivity index (χ1n) is 23.7. The maximum Gasteiger partial charge on any atom is 0.0726 e. The van der Waals surface area contributed by atoms with Gasteiger partial charge in [0.25, 0.3) is 0 Å². The van der Waals surface area contributed by atoms with E-state index in [0.717, 1.165) is 23.5 Å². The second kappa shape index (κ2) is 14.9. The Morgan fingerprint density at radius 3 is 1.73 bits per heavy atom. The zero-order valence-corrected chi connectivity index (χ0v) is 38.0. The van der Waals surface area contributed by atoms with Gasteiger partial charge in [-0.2, -0.15) is 0 Å². The van der Waals surface area contributed by atoms with Crippen molar-refractivity contribution in [3.8, 4) is 44.5 Å². The topological polar surface area (TPSA) is 3.24 Å². The summed E-state index contributed by atoms with van der Waals surface area (Å²) in [4.78, 5) is 2.48. The SMILES string of the molecule is CC1c2ccccc2-c2ccc3ccsc3c2CC1c1ccc(-c2ccc(N(c3ccc4c(c3)C3(c5ccccc5-c5ccccc53)c3ccccc3-4)c3cccc4ccccc34)cc2)cc1. The fourth-order valence-electron chi connectivity index (χ4n) is 12.5. The normalized spacial score (nSPS) is 15.9. The highest BCUT2D eigenvalue weighted by atomic mass is 32.1. The van der Waals surface area contributed by atoms with Gasteiger partial charge in [-0.1, -0.05) is 195 Å². The van der Waals surface area contributed by atoms with Crippen molar-refractivity contribution in [2.24, 2.45) is 0 Å². The molecule has 0 radical (unpaired) electrons. The molecular weight excluding hydrogens is 827 g/mol. The largest absolute Gasteiger partial charge is 0.310 e. The van der Waals surface area contributed by atoms with Crippen LogP contribution in [0.2, 0.25) is 0 Å². The molecule has 67 heavy (non-hydrogen) atoms. The molecule has 2 heteroatoms. The van der Waals surface area contributed by atoms with Crippen molar-refractivity contribution in [3.05, 3.63) is 269 Å². The Hall–Kier alpha value is -7.78. The van der Waals surface area contributed by atoms with Gasteiger partial charge < -0.3 is 4.90 Å². The van der Waals surface area contributed by atoms with Gasteiger partial charge in [0.15, 0.2) is 0 Å². The standard InChI is InChI=1S/C65H45NS/c1-41-49-15-4-5-17-51(49)52-35-31-46-37-38-67-64(46)58(52)40-57(41)45-27-25-42(26-28-45)43-29-32-47(33-30-43)66(63-24-12-14-44-13-2-3-16-50(44)63)48-34-36-56-55-20-8-11-23-61(55)65(62(56)39-48)59-21-9-6-18-53(59)54-19-7-10-22-60(54)65/h2-39,41,57H,40H2,1H3. The quantitative estimate of drug-likeness (QED) is 0.167. The molecule has 11 aromatic rings. The number of thiophene rings is 1. The molecule has 1 heterocycles. The van der Waals surface area contributed by atoms with Gasteiger partial charge >= 0.3 is 0 Å². The summed E-state index contributed by atoms with van der Waals surface area (Å²) in [6.07, 6.45) is 1.02. The van der Waals surface area contributed by atoms with Gasteiger partial charge in [-0.15, -0.1) is 11.3 Å². The maximum atomic E-state index is 2.50. The zero-order valence-electron chi connectivity index (χ0n) is 37.2. The summed E-state index contributed by atoms with van der Waals surface area (Å²) in [7, 11) is 0. The molecule has 2 atom stereocenters. The lowest BCUT2D eigenvalue weighted by molar-refractivity contribution is 0.581. The average molecular weight is 872 g/mol.